The molecule has 751 valence electrons. The Labute approximate surface area is 825 Å². The van der Waals surface area contributed by atoms with Crippen molar-refractivity contribution in [3.05, 3.63) is 321 Å². The van der Waals surface area contributed by atoms with Crippen LogP contribution >= 0.6 is 0 Å². The Hall–Kier alpha value is -14.8. The van der Waals surface area contributed by atoms with Crippen molar-refractivity contribution in [3.63, 3.8) is 0 Å². The number of ketones is 3. The van der Waals surface area contributed by atoms with E-state index in [9.17, 15) is 112 Å². The number of aliphatic hydroxyl groups is 1. The number of phenolic OH excluding ortho intramolecular Hbond substituents is 2. The maximum Gasteiger partial charge on any atom is 0.424 e. The third kappa shape index (κ3) is 28.4. The van der Waals surface area contributed by atoms with Gasteiger partial charge in [-0.1, -0.05) is 90.1 Å². The fraction of sp³-hybridized carbons (Fsp3) is 0.0370. The summed E-state index contributed by atoms with van der Waals surface area (Å²) in [5.41, 5.74) is 7.25. The van der Waals surface area contributed by atoms with Gasteiger partial charge in [-0.25, -0.2) is 0 Å². The average Bonchev–Trinajstić information content (AvgIpc) is 1.04. The van der Waals surface area contributed by atoms with E-state index in [1.165, 1.54) is 60.9 Å². The monoisotopic (exact) mass is 2220 g/mol. The minimum atomic E-state index is -4.83. The fourth-order valence-electron chi connectivity index (χ4n) is 12.4. The van der Waals surface area contributed by atoms with E-state index in [0.29, 0.717) is 41.0 Å². The summed E-state index contributed by atoms with van der Waals surface area (Å²) >= 11 is 0. The Kier molecular flexibility index (Phi) is 35.0. The number of hydrogen-bond donors (Lipinski definition) is 14. The number of amides is 1. The van der Waals surface area contributed by atoms with Crippen molar-refractivity contribution >= 4 is 232 Å². The summed E-state index contributed by atoms with van der Waals surface area (Å²) in [5.74, 6) is 4.75. The summed E-state index contributed by atoms with van der Waals surface area (Å²) in [6.45, 7) is 3.53. The molecule has 11 aromatic carbocycles. The number of nitrogens with zero attached hydrogens (tertiary/aromatic N) is 3. The normalized spacial score (nSPS) is 14.6. The standard InChI is InChI=1S/C17H13NO8S2.C13H10NO2Si.C10H7NO8S2.C10H9NO6S2.C10H8O7S2.C7H4NO4Si.C6H5O4Si.C6H5O3Si.C2H3NO2Si/c19-14-9-11(27(21,22)23)8-12-15(28(24,25)26)7-6-13(16(12)14)18-17(20)10-4-2-1-3-5-10;1-3-7-11(8-4-1)13-14(16-17-15-13)12-9-5-2-6-10-12;12-11(13)6-4-8-7(10(5-6)21(17,18)19)2-1-3-9(8)20(14,15)16;11-9-3-4-10(19(15,16)17)7-2-1-6(5-8(7)9)18(12,13)14;11-7-3-1-2-6-8(18(12,13)14)4-5-9(10(6)7)19(15,16)17;9-8(10)5-1-3-6-7(4-2-5)12-13-11-6;7-2-4-1-5-6(3-8-4)10-11-9-5;1-4-6-5(2-3-7-4)8-10-9-6;1-2-3-5-6-4-2/h1-9,19H,(H,18,20)(H,21,22,23)(H,24,25,26);1-10H;1-5H,(H,14,15,16)(H,17,18,19);1-5H,11H2,(H,12,13,14)(H,15,16,17);1-5,11H,(H,12,13,14)(H,15,16,17);1-4H;1,3,7H,2H2;2-3H,1H3;1H3/q;;;;;;;;-1/p+1. The number of phenols is 2. The number of anilines is 2. The molecule has 0 spiro atoms. The summed E-state index contributed by atoms with van der Waals surface area (Å²) in [4.78, 5) is 27.1. The lowest BCUT2D eigenvalue weighted by Gasteiger charge is -2.13. The molecule has 144 heavy (non-hydrogen) atoms. The van der Waals surface area contributed by atoms with E-state index in [4.69, 9.17) is 86.6 Å². The van der Waals surface area contributed by atoms with Gasteiger partial charge >= 0.3 is 59.2 Å². The van der Waals surface area contributed by atoms with Gasteiger partial charge in [0.05, 0.1) is 50.0 Å². The molecule has 63 heteroatoms. The number of ether oxygens (including phenoxy) is 2. The molecule has 0 unspecified atom stereocenters. The van der Waals surface area contributed by atoms with Crippen LogP contribution in [-0.4, -0.2) is 225 Å². The van der Waals surface area contributed by atoms with E-state index in [2.05, 4.69) is 15.0 Å². The maximum atomic E-state index is 12.4. The van der Waals surface area contributed by atoms with Crippen molar-refractivity contribution in [1.82, 2.24) is 0 Å². The zero-order valence-electron chi connectivity index (χ0n) is 72.0. The lowest BCUT2D eigenvalue weighted by atomic mass is 10.1. The van der Waals surface area contributed by atoms with Crippen molar-refractivity contribution in [2.24, 2.45) is 0 Å². The highest BCUT2D eigenvalue weighted by atomic mass is 32.2. The molecule has 7 heterocycles. The molecule has 1 amide bonds. The van der Waals surface area contributed by atoms with E-state index < -0.39 is 158 Å². The number of allylic oxidation sites excluding steroid dienone is 7. The van der Waals surface area contributed by atoms with Crippen LogP contribution in [0.1, 0.15) is 29.8 Å². The van der Waals surface area contributed by atoms with Gasteiger partial charge in [0, 0.05) is 108 Å². The number of carbonyl (C=O) groups is 1. The number of nitrogen functional groups attached to an aromatic ring is 1. The van der Waals surface area contributed by atoms with Gasteiger partial charge in [-0.2, -0.15) is 67.3 Å². The molecule has 5 radical (unpaired) electrons. The van der Waals surface area contributed by atoms with Crippen LogP contribution in [-0.2, 0) is 134 Å². The number of fused-ring (bicyclic) bond motifs is 7. The number of nitrogens with two attached hydrogens (primary N) is 1. The summed E-state index contributed by atoms with van der Waals surface area (Å²) in [6, 6.07) is 46.8. The molecule has 19 rings (SSSR count). The summed E-state index contributed by atoms with van der Waals surface area (Å²) in [6.07, 6.45) is 12.2. The summed E-state index contributed by atoms with van der Waals surface area (Å²) < 4.78 is 316. The van der Waals surface area contributed by atoms with Crippen molar-refractivity contribution in [3.8, 4) is 11.5 Å². The number of aliphatic hydroxyl groups excluding tert-OH is 1. The number of para-hydroxylation sites is 1. The lowest BCUT2D eigenvalue weighted by molar-refractivity contribution is -0.705. The van der Waals surface area contributed by atoms with E-state index in [1.807, 2.05) is 67.6 Å². The third-order valence-electron chi connectivity index (χ3n) is 18.7. The molecule has 0 saturated heterocycles. The first kappa shape index (κ1) is 110. The summed E-state index contributed by atoms with van der Waals surface area (Å²) in [5, 5.41) is 53.1. The molecule has 50 nitrogen and oxygen atoms in total. The van der Waals surface area contributed by atoms with E-state index in [0.717, 1.165) is 125 Å². The van der Waals surface area contributed by atoms with Crippen molar-refractivity contribution in [2.45, 2.75) is 53.0 Å². The second-order valence-corrected chi connectivity index (χ2v) is 42.2. The van der Waals surface area contributed by atoms with Gasteiger partial charge < -0.3 is 79.4 Å². The number of aromatic hydroxyl groups is 2. The van der Waals surface area contributed by atoms with Crippen LogP contribution in [0, 0.1) is 20.2 Å². The molecule has 1 aliphatic carbocycles. The van der Waals surface area contributed by atoms with Crippen LogP contribution in [0.3, 0.4) is 0 Å². The fourth-order valence-corrected chi connectivity index (χ4v) is 20.3. The van der Waals surface area contributed by atoms with Gasteiger partial charge in [0.2, 0.25) is 11.5 Å². The molecule has 0 bridgehead atoms. The molecular weight excluding hydrogens is 2160 g/mol. The Balaban J connectivity index is 0.000000158. The van der Waals surface area contributed by atoms with Gasteiger partial charge in [0.1, 0.15) is 71.5 Å². The second kappa shape index (κ2) is 46.1. The number of benzene rings is 11. The zero-order chi connectivity index (χ0) is 105. The highest BCUT2D eigenvalue weighted by Crippen LogP contribution is 2.41. The highest BCUT2D eigenvalue weighted by Gasteiger charge is 2.32. The smallest absolute Gasteiger partial charge is 0.424 e. The predicted octanol–water partition coefficient (Wildman–Crippen LogP) is 5.85. The van der Waals surface area contributed by atoms with Crippen LogP contribution in [0.15, 0.2) is 329 Å². The Morgan fingerprint density at radius 2 is 1.01 bits per heavy atom. The number of hydrogen-bond acceptors (Lipinski definition) is 34. The Bertz CT molecular complexity index is 8360. The molecule has 8 aliphatic rings. The zero-order valence-corrected chi connectivity index (χ0v) is 83.6. The second-order valence-electron chi connectivity index (χ2n) is 28.1. The minimum absolute atomic E-state index is 0.00247. The van der Waals surface area contributed by atoms with Crippen LogP contribution in [0.4, 0.5) is 22.7 Å². The van der Waals surface area contributed by atoms with Crippen LogP contribution in [0.5, 0.6) is 11.5 Å². The van der Waals surface area contributed by atoms with Gasteiger partial charge in [-0.15, -0.1) is 0 Å². The molecule has 0 saturated carbocycles. The predicted molar refractivity (Wildman–Crippen MR) is 503 cm³/mol. The molecule has 15 N–H and O–H groups in total. The van der Waals surface area contributed by atoms with Crippen LogP contribution in [0.25, 0.3) is 43.1 Å². The van der Waals surface area contributed by atoms with Crippen molar-refractivity contribution < 1.29 is 197 Å². The quantitative estimate of drug-likeness (QED) is 0.0109. The number of carbonyl (C=O) groups excluding carboxylic acids is 4. The van der Waals surface area contributed by atoms with E-state index in [1.54, 1.807) is 48.3 Å². The van der Waals surface area contributed by atoms with Crippen molar-refractivity contribution in [1.29, 1.82) is 0 Å². The largest absolute Gasteiger partial charge is 0.643 e. The first-order valence-corrected chi connectivity index (χ1v) is 54.3. The first-order valence-electron chi connectivity index (χ1n) is 38.7. The van der Waals surface area contributed by atoms with Crippen LogP contribution in [0.2, 0.25) is 0 Å². The molecule has 0 aromatic heterocycles. The lowest BCUT2D eigenvalue weighted by Crippen LogP contribution is -2.67. The van der Waals surface area contributed by atoms with Gasteiger partial charge in [0.15, 0.2) is 25.8 Å². The van der Waals surface area contributed by atoms with Gasteiger partial charge in [-0.05, 0) is 104 Å². The highest BCUT2D eigenvalue weighted by molar-refractivity contribution is 7.88. The molecular formula is C81H65N6O44S8Si5. The SMILES string of the molecule is CC1=C2O[Si-][O+]=C2C=CO1.CC1=[NH+]O[Si-]O1.Nc1ccc(S(=O)(=O)O)c2ccc(S(=O)(=O)O)cc12.O=C(Nc1ccc(S(=O)(=O)O)c2cc(S(=O)(=O)O)cc(O)c12)c1ccccc1.O=S(=O)(O)c1ccc(S(=O)(=O)O)c2c(O)cccc12.O=[N+]([O-])C1=CC=C2O[Si-][O+]=C2C=C1.O=[N+]([O-])c1cc(S(=O)(=O)O)c2cccc(S(=O)(=O)O)c2c1.OCC1=CC2=[O+][Si-]OC2=CO1.c1ccc(C2=[N+](c3ccccc3)O[Si-]O2)cc1. The Morgan fingerprint density at radius 1 is 0.465 bits per heavy atom. The molecule has 0 atom stereocenters. The average molecular weight is 2220 g/mol. The van der Waals surface area contributed by atoms with E-state index >= 15 is 0 Å². The Morgan fingerprint density at radius 3 is 1.59 bits per heavy atom. The maximum absolute atomic E-state index is 12.4. The van der Waals surface area contributed by atoms with E-state index in [-0.39, 0.29) is 117 Å². The van der Waals surface area contributed by atoms with Crippen molar-refractivity contribution in [2.75, 3.05) is 17.7 Å². The van der Waals surface area contributed by atoms with Gasteiger partial charge in [0.25, 0.3) is 104 Å². The molecule has 11 aromatic rings. The number of non-ortho nitro benzene ring substituents is 1. The third-order valence-corrected chi connectivity index (χ3v) is 28.7. The minimum Gasteiger partial charge on any atom is -0.643 e. The molecule has 0 fully saturated rings. The van der Waals surface area contributed by atoms with Crippen LogP contribution < -0.4 is 16.2 Å². The summed E-state index contributed by atoms with van der Waals surface area (Å²) in [7, 11) is -37.1. The number of nitro groups is 2. The number of rotatable bonds is 15. The topological polar surface area (TPSA) is 771 Å². The first-order chi connectivity index (χ1) is 67.6. The molecule has 7 aliphatic heterocycles. The number of nitro benzene ring substituents is 1. The number of nitrogens with one attached hydrogen (secondary N) is 2. The van der Waals surface area contributed by atoms with Gasteiger partial charge in [-0.3, -0.25) is 61.4 Å².